The maximum atomic E-state index is 2.49. The lowest BCUT2D eigenvalue weighted by atomic mass is 9.86. The van der Waals surface area contributed by atoms with E-state index in [-0.39, 0.29) is 0 Å². The molecule has 288 valence electrons. The third-order valence-corrected chi connectivity index (χ3v) is 12.8. The molecule has 0 bridgehead atoms. The Morgan fingerprint density at radius 2 is 0.623 bits per heavy atom. The van der Waals surface area contributed by atoms with Crippen LogP contribution in [-0.2, 0) is 0 Å². The van der Waals surface area contributed by atoms with Gasteiger partial charge in [0.1, 0.15) is 0 Å². The molecule has 0 fully saturated rings. The van der Waals surface area contributed by atoms with E-state index >= 15 is 0 Å². The first kappa shape index (κ1) is 35.3. The summed E-state index contributed by atoms with van der Waals surface area (Å²) >= 11 is 0. The zero-order valence-electron chi connectivity index (χ0n) is 34.2. The first-order valence-electron chi connectivity index (χ1n) is 21.4. The highest BCUT2D eigenvalue weighted by molar-refractivity contribution is 6.29. The molecule has 0 heterocycles. The van der Waals surface area contributed by atoms with Gasteiger partial charge in [0.05, 0.1) is 11.4 Å². The van der Waals surface area contributed by atoms with E-state index < -0.39 is 0 Å². The van der Waals surface area contributed by atoms with Gasteiger partial charge < -0.3 is 9.80 Å². The molecular formula is C59H42N2. The van der Waals surface area contributed by atoms with Crippen LogP contribution in [0.3, 0.4) is 0 Å². The molecule has 0 atom stereocenters. The standard InChI is InChI=1S/C59H42N2/c1-38(2)55-37-57(61(50-27-21-41-13-5-9-17-46(41)35-50)51-28-22-42-14-6-10-18-47(42)36-51)54-29-23-43-24-32-56(53-31-30-52(55)59(54)58(43)53)60(48-25-19-39-11-3-7-15-44(39)33-48)49-26-20-40-12-4-8-16-45(40)34-49/h3-38H,1-2H3. The first-order chi connectivity index (χ1) is 30.1. The minimum absolute atomic E-state index is 0.296. The highest BCUT2D eigenvalue weighted by atomic mass is 15.1. The van der Waals surface area contributed by atoms with Crippen molar-refractivity contribution in [1.82, 2.24) is 0 Å². The van der Waals surface area contributed by atoms with Crippen molar-refractivity contribution >= 4 is 110 Å². The number of fused-ring (bicyclic) bond motifs is 4. The number of nitrogens with zero attached hydrogens (tertiary/aromatic N) is 2. The van der Waals surface area contributed by atoms with Crippen molar-refractivity contribution in [1.29, 1.82) is 0 Å². The molecule has 61 heavy (non-hydrogen) atoms. The van der Waals surface area contributed by atoms with E-state index in [1.54, 1.807) is 0 Å². The van der Waals surface area contributed by atoms with Crippen molar-refractivity contribution in [2.24, 2.45) is 0 Å². The Bertz CT molecular complexity index is 3500. The molecule has 0 radical (unpaired) electrons. The molecule has 0 saturated carbocycles. The molecule has 12 rings (SSSR count). The minimum atomic E-state index is 0.296. The Morgan fingerprint density at radius 1 is 0.279 bits per heavy atom. The Hall–Kier alpha value is -7.68. The van der Waals surface area contributed by atoms with Crippen molar-refractivity contribution in [3.05, 3.63) is 218 Å². The van der Waals surface area contributed by atoms with Crippen LogP contribution < -0.4 is 9.80 Å². The van der Waals surface area contributed by atoms with Gasteiger partial charge in [0, 0.05) is 33.5 Å². The maximum Gasteiger partial charge on any atom is 0.0543 e. The summed E-state index contributed by atoms with van der Waals surface area (Å²) in [4.78, 5) is 4.96. The van der Waals surface area contributed by atoms with Crippen molar-refractivity contribution in [3.63, 3.8) is 0 Å². The molecule has 12 aromatic carbocycles. The molecule has 2 nitrogen and oxygen atoms in total. The Labute approximate surface area is 355 Å². The third kappa shape index (κ3) is 5.79. The van der Waals surface area contributed by atoms with Gasteiger partial charge in [-0.05, 0) is 137 Å². The van der Waals surface area contributed by atoms with E-state index in [2.05, 4.69) is 236 Å². The van der Waals surface area contributed by atoms with Crippen LogP contribution in [0.5, 0.6) is 0 Å². The SMILES string of the molecule is CC(C)c1cc(N(c2ccc3ccccc3c2)c2ccc3ccccc3c2)c2ccc3ccc(N(c4ccc5ccccc5c4)c4ccc5ccccc5c4)c4ccc1c2c34. The van der Waals surface area contributed by atoms with Crippen LogP contribution in [-0.4, -0.2) is 0 Å². The van der Waals surface area contributed by atoms with Crippen molar-refractivity contribution in [2.75, 3.05) is 9.80 Å². The second-order valence-corrected chi connectivity index (χ2v) is 16.8. The highest BCUT2D eigenvalue weighted by Gasteiger charge is 2.24. The fraction of sp³-hybridized carbons (Fsp3) is 0.0508. The number of hydrogen-bond donors (Lipinski definition) is 0. The van der Waals surface area contributed by atoms with Crippen molar-refractivity contribution < 1.29 is 0 Å². The van der Waals surface area contributed by atoms with Gasteiger partial charge in [-0.25, -0.2) is 0 Å². The molecule has 0 aliphatic carbocycles. The molecule has 2 heteroatoms. The molecule has 0 aliphatic heterocycles. The predicted octanol–water partition coefficient (Wildman–Crippen LogP) is 17.3. The second kappa shape index (κ2) is 14.0. The average molecular weight is 779 g/mol. The normalized spacial score (nSPS) is 11.9. The summed E-state index contributed by atoms with van der Waals surface area (Å²) in [6.45, 7) is 4.66. The lowest BCUT2D eigenvalue weighted by Crippen LogP contribution is -2.12. The monoisotopic (exact) mass is 778 g/mol. The highest BCUT2D eigenvalue weighted by Crippen LogP contribution is 2.50. The maximum absolute atomic E-state index is 2.49. The van der Waals surface area contributed by atoms with Gasteiger partial charge in [-0.1, -0.05) is 166 Å². The smallest absolute Gasteiger partial charge is 0.0543 e. The van der Waals surface area contributed by atoms with Gasteiger partial charge >= 0.3 is 0 Å². The topological polar surface area (TPSA) is 6.48 Å². The summed E-state index contributed by atoms with van der Waals surface area (Å²) in [6, 6.07) is 78.8. The van der Waals surface area contributed by atoms with Gasteiger partial charge in [-0.15, -0.1) is 0 Å². The number of hydrogen-bond acceptors (Lipinski definition) is 2. The quantitative estimate of drug-likeness (QED) is 0.149. The second-order valence-electron chi connectivity index (χ2n) is 16.8. The van der Waals surface area contributed by atoms with Crippen molar-refractivity contribution in [3.8, 4) is 0 Å². The van der Waals surface area contributed by atoms with Crippen LogP contribution in [0.15, 0.2) is 212 Å². The fourth-order valence-electron chi connectivity index (χ4n) is 9.87. The van der Waals surface area contributed by atoms with Crippen molar-refractivity contribution in [2.45, 2.75) is 19.8 Å². The zero-order valence-corrected chi connectivity index (χ0v) is 34.2. The van der Waals surface area contributed by atoms with Crippen LogP contribution in [0.1, 0.15) is 25.3 Å². The summed E-state index contributed by atoms with van der Waals surface area (Å²) < 4.78 is 0. The van der Waals surface area contributed by atoms with E-state index in [1.165, 1.54) is 86.7 Å². The van der Waals surface area contributed by atoms with Crippen LogP contribution in [0.25, 0.3) is 75.4 Å². The Kier molecular flexibility index (Phi) is 8.08. The van der Waals surface area contributed by atoms with Gasteiger partial charge in [-0.2, -0.15) is 0 Å². The van der Waals surface area contributed by atoms with E-state index in [1.807, 2.05) is 0 Å². The van der Waals surface area contributed by atoms with Gasteiger partial charge in [0.15, 0.2) is 0 Å². The van der Waals surface area contributed by atoms with Crippen LogP contribution in [0, 0.1) is 0 Å². The molecule has 0 amide bonds. The largest absolute Gasteiger partial charge is 0.310 e. The van der Waals surface area contributed by atoms with Crippen LogP contribution in [0.2, 0.25) is 0 Å². The predicted molar refractivity (Wildman–Crippen MR) is 264 cm³/mol. The van der Waals surface area contributed by atoms with Gasteiger partial charge in [-0.3, -0.25) is 0 Å². The molecule has 0 N–H and O–H groups in total. The Morgan fingerprint density at radius 3 is 1.07 bits per heavy atom. The first-order valence-corrected chi connectivity index (χ1v) is 21.4. The summed E-state index contributed by atoms with van der Waals surface area (Å²) in [7, 11) is 0. The Balaban J connectivity index is 1.15. The van der Waals surface area contributed by atoms with E-state index in [0.717, 1.165) is 28.4 Å². The number of anilines is 6. The molecule has 12 aromatic rings. The molecule has 0 spiro atoms. The lowest BCUT2D eigenvalue weighted by Gasteiger charge is -2.31. The molecule has 0 aliphatic rings. The lowest BCUT2D eigenvalue weighted by molar-refractivity contribution is 0.876. The van der Waals surface area contributed by atoms with Gasteiger partial charge in [0.2, 0.25) is 0 Å². The van der Waals surface area contributed by atoms with E-state index in [4.69, 9.17) is 0 Å². The molecule has 0 saturated heterocycles. The summed E-state index contributed by atoms with van der Waals surface area (Å²) in [5, 5.41) is 17.4. The van der Waals surface area contributed by atoms with Gasteiger partial charge in [0.25, 0.3) is 0 Å². The average Bonchev–Trinajstić information content (AvgIpc) is 3.31. The summed E-state index contributed by atoms with van der Waals surface area (Å²) in [5.74, 6) is 0.296. The zero-order chi connectivity index (χ0) is 40.6. The van der Waals surface area contributed by atoms with Crippen LogP contribution >= 0.6 is 0 Å². The molecular weight excluding hydrogens is 737 g/mol. The third-order valence-electron chi connectivity index (χ3n) is 12.8. The molecule has 0 unspecified atom stereocenters. The summed E-state index contributed by atoms with van der Waals surface area (Å²) in [5.41, 5.74) is 8.22. The van der Waals surface area contributed by atoms with E-state index in [0.29, 0.717) is 5.92 Å². The number of benzene rings is 12. The van der Waals surface area contributed by atoms with E-state index in [9.17, 15) is 0 Å². The fourth-order valence-corrected chi connectivity index (χ4v) is 9.87. The van der Waals surface area contributed by atoms with Crippen LogP contribution in [0.4, 0.5) is 34.1 Å². The summed E-state index contributed by atoms with van der Waals surface area (Å²) in [6.07, 6.45) is 0. The molecule has 0 aromatic heterocycles. The number of rotatable bonds is 7. The minimum Gasteiger partial charge on any atom is -0.310 e.